The van der Waals surface area contributed by atoms with Crippen LogP contribution in [0.25, 0.3) is 0 Å². The molecule has 2 atom stereocenters. The number of primary amides is 1. The van der Waals surface area contributed by atoms with E-state index in [4.69, 9.17) is 5.73 Å². The summed E-state index contributed by atoms with van der Waals surface area (Å²) < 4.78 is 0. The van der Waals surface area contributed by atoms with E-state index in [1.165, 1.54) is 64.2 Å². The molecule has 19 heavy (non-hydrogen) atoms. The van der Waals surface area contributed by atoms with Crippen LogP contribution in [0.3, 0.4) is 0 Å². The Morgan fingerprint density at radius 1 is 1.05 bits per heavy atom. The third kappa shape index (κ3) is 6.98. The van der Waals surface area contributed by atoms with Gasteiger partial charge in [-0.25, -0.2) is 0 Å². The van der Waals surface area contributed by atoms with Crippen LogP contribution in [-0.4, -0.2) is 5.91 Å². The molecule has 1 fully saturated rings. The van der Waals surface area contributed by atoms with E-state index in [1.807, 2.05) is 0 Å². The van der Waals surface area contributed by atoms with E-state index >= 15 is 0 Å². The first kappa shape index (κ1) is 16.5. The lowest BCUT2D eigenvalue weighted by Crippen LogP contribution is -2.24. The molecule has 112 valence electrons. The Kier molecular flexibility index (Phi) is 8.16. The molecule has 0 radical (unpaired) electrons. The highest BCUT2D eigenvalue weighted by Crippen LogP contribution is 2.45. The molecule has 0 aliphatic heterocycles. The number of hydrogen-bond acceptors (Lipinski definition) is 1. The first-order chi connectivity index (χ1) is 9.19. The molecule has 2 nitrogen and oxygen atoms in total. The van der Waals surface area contributed by atoms with Crippen molar-refractivity contribution in [2.45, 2.75) is 84.5 Å². The van der Waals surface area contributed by atoms with Crippen molar-refractivity contribution < 1.29 is 4.79 Å². The van der Waals surface area contributed by atoms with Crippen molar-refractivity contribution in [2.24, 2.45) is 23.5 Å². The van der Waals surface area contributed by atoms with Gasteiger partial charge in [-0.3, -0.25) is 4.79 Å². The normalized spacial score (nSPS) is 18.2. The van der Waals surface area contributed by atoms with Gasteiger partial charge in [-0.05, 0) is 30.6 Å². The highest BCUT2D eigenvalue weighted by molar-refractivity contribution is 5.74. The van der Waals surface area contributed by atoms with E-state index in [9.17, 15) is 4.79 Å². The molecule has 1 aliphatic carbocycles. The van der Waals surface area contributed by atoms with Crippen LogP contribution in [0.4, 0.5) is 0 Å². The fourth-order valence-electron chi connectivity index (χ4n) is 3.43. The second-order valence-electron chi connectivity index (χ2n) is 6.42. The van der Waals surface area contributed by atoms with Gasteiger partial charge in [0.25, 0.3) is 0 Å². The van der Waals surface area contributed by atoms with E-state index in [-0.39, 0.29) is 5.91 Å². The van der Waals surface area contributed by atoms with Gasteiger partial charge >= 0.3 is 0 Å². The molecule has 1 amide bonds. The van der Waals surface area contributed by atoms with Gasteiger partial charge in [-0.2, -0.15) is 0 Å². The zero-order chi connectivity index (χ0) is 14.1. The van der Waals surface area contributed by atoms with Gasteiger partial charge < -0.3 is 5.73 Å². The molecular formula is C17H33NO. The zero-order valence-corrected chi connectivity index (χ0v) is 13.0. The van der Waals surface area contributed by atoms with Crippen molar-refractivity contribution in [2.75, 3.05) is 0 Å². The monoisotopic (exact) mass is 267 g/mol. The predicted molar refractivity (Wildman–Crippen MR) is 81.8 cm³/mol. The van der Waals surface area contributed by atoms with Crippen molar-refractivity contribution in [3.05, 3.63) is 0 Å². The van der Waals surface area contributed by atoms with Crippen LogP contribution < -0.4 is 5.73 Å². The zero-order valence-electron chi connectivity index (χ0n) is 13.0. The van der Waals surface area contributed by atoms with E-state index in [0.717, 1.165) is 11.8 Å². The van der Waals surface area contributed by atoms with Crippen molar-refractivity contribution in [3.8, 4) is 0 Å². The Bertz CT molecular complexity index is 248. The summed E-state index contributed by atoms with van der Waals surface area (Å²) in [5.41, 5.74) is 5.45. The largest absolute Gasteiger partial charge is 0.370 e. The first-order valence-electron chi connectivity index (χ1n) is 8.47. The Labute approximate surface area is 119 Å². The molecule has 0 aromatic carbocycles. The molecule has 0 spiro atoms. The Balaban J connectivity index is 2.36. The SMILES string of the molecule is CCCCCCCC(CCC)C(CC(N)=O)C1CC1. The number of rotatable bonds is 12. The molecule has 0 aromatic rings. The molecule has 2 heteroatoms. The van der Waals surface area contributed by atoms with Crippen LogP contribution in [0.2, 0.25) is 0 Å². The quantitative estimate of drug-likeness (QED) is 0.513. The minimum atomic E-state index is -0.0935. The van der Waals surface area contributed by atoms with Crippen molar-refractivity contribution >= 4 is 5.91 Å². The maximum absolute atomic E-state index is 11.3. The number of carbonyl (C=O) groups excluding carboxylic acids is 1. The summed E-state index contributed by atoms with van der Waals surface area (Å²) in [4.78, 5) is 11.3. The summed E-state index contributed by atoms with van der Waals surface area (Å²) in [6, 6.07) is 0. The van der Waals surface area contributed by atoms with Crippen LogP contribution >= 0.6 is 0 Å². The molecule has 0 bridgehead atoms. The Hall–Kier alpha value is -0.530. The third-order valence-electron chi connectivity index (χ3n) is 4.61. The molecule has 2 N–H and O–H groups in total. The molecule has 2 unspecified atom stereocenters. The van der Waals surface area contributed by atoms with Crippen molar-refractivity contribution in [1.82, 2.24) is 0 Å². The highest BCUT2D eigenvalue weighted by Gasteiger charge is 2.36. The second-order valence-corrected chi connectivity index (χ2v) is 6.42. The molecule has 0 aromatic heterocycles. The molecule has 1 rings (SSSR count). The lowest BCUT2D eigenvalue weighted by atomic mass is 9.79. The number of nitrogens with two attached hydrogens (primary N) is 1. The van der Waals surface area contributed by atoms with Crippen LogP contribution in [-0.2, 0) is 4.79 Å². The van der Waals surface area contributed by atoms with Gasteiger partial charge in [-0.1, -0.05) is 65.2 Å². The summed E-state index contributed by atoms with van der Waals surface area (Å²) >= 11 is 0. The van der Waals surface area contributed by atoms with Gasteiger partial charge in [0.05, 0.1) is 0 Å². The van der Waals surface area contributed by atoms with Gasteiger partial charge in [0.1, 0.15) is 0 Å². The fourth-order valence-corrected chi connectivity index (χ4v) is 3.43. The topological polar surface area (TPSA) is 43.1 Å². The number of hydrogen-bond donors (Lipinski definition) is 1. The summed E-state index contributed by atoms with van der Waals surface area (Å²) in [7, 11) is 0. The van der Waals surface area contributed by atoms with Gasteiger partial charge in [0.2, 0.25) is 5.91 Å². The minimum absolute atomic E-state index is 0.0935. The van der Waals surface area contributed by atoms with Gasteiger partial charge in [-0.15, -0.1) is 0 Å². The number of unbranched alkanes of at least 4 members (excludes halogenated alkanes) is 4. The number of carbonyl (C=O) groups is 1. The van der Waals surface area contributed by atoms with Crippen LogP contribution in [0.15, 0.2) is 0 Å². The van der Waals surface area contributed by atoms with E-state index in [2.05, 4.69) is 13.8 Å². The van der Waals surface area contributed by atoms with Crippen molar-refractivity contribution in [3.63, 3.8) is 0 Å². The average molecular weight is 267 g/mol. The molecular weight excluding hydrogens is 234 g/mol. The van der Waals surface area contributed by atoms with Crippen molar-refractivity contribution in [1.29, 1.82) is 0 Å². The molecule has 0 saturated heterocycles. The van der Waals surface area contributed by atoms with Gasteiger partial charge in [0.15, 0.2) is 0 Å². The summed E-state index contributed by atoms with van der Waals surface area (Å²) in [5.74, 6) is 2.04. The second kappa shape index (κ2) is 9.39. The lowest BCUT2D eigenvalue weighted by molar-refractivity contribution is -0.119. The van der Waals surface area contributed by atoms with E-state index < -0.39 is 0 Å². The number of amides is 1. The summed E-state index contributed by atoms with van der Waals surface area (Å²) in [6.45, 7) is 4.52. The smallest absolute Gasteiger partial charge is 0.217 e. The average Bonchev–Trinajstić information content (AvgIpc) is 3.18. The summed E-state index contributed by atoms with van der Waals surface area (Å²) in [5, 5.41) is 0. The molecule has 1 saturated carbocycles. The highest BCUT2D eigenvalue weighted by atomic mass is 16.1. The van der Waals surface area contributed by atoms with E-state index in [1.54, 1.807) is 0 Å². The van der Waals surface area contributed by atoms with Crippen LogP contribution in [0.5, 0.6) is 0 Å². The third-order valence-corrected chi connectivity index (χ3v) is 4.61. The minimum Gasteiger partial charge on any atom is -0.370 e. The Morgan fingerprint density at radius 2 is 1.74 bits per heavy atom. The molecule has 0 heterocycles. The first-order valence-corrected chi connectivity index (χ1v) is 8.47. The van der Waals surface area contributed by atoms with Crippen LogP contribution in [0, 0.1) is 17.8 Å². The van der Waals surface area contributed by atoms with E-state index in [0.29, 0.717) is 12.3 Å². The van der Waals surface area contributed by atoms with Gasteiger partial charge in [0, 0.05) is 6.42 Å². The Morgan fingerprint density at radius 3 is 2.26 bits per heavy atom. The summed E-state index contributed by atoms with van der Waals surface area (Å²) in [6.07, 6.45) is 13.9. The maximum Gasteiger partial charge on any atom is 0.217 e. The van der Waals surface area contributed by atoms with Crippen LogP contribution in [0.1, 0.15) is 84.5 Å². The lowest BCUT2D eigenvalue weighted by Gasteiger charge is -2.26. The molecule has 1 aliphatic rings. The predicted octanol–water partition coefficient (Wildman–Crippen LogP) is 4.66. The fraction of sp³-hybridized carbons (Fsp3) is 0.941. The maximum atomic E-state index is 11.3. The standard InChI is InChI=1S/C17H33NO/c1-3-5-6-7-8-10-14(9-4-2)16(13-17(18)19)15-11-12-15/h14-16H,3-13H2,1-2H3,(H2,18,19).